The highest BCUT2D eigenvalue weighted by atomic mass is 16.5. The van der Waals surface area contributed by atoms with Gasteiger partial charge in [-0.3, -0.25) is 0 Å². The van der Waals surface area contributed by atoms with E-state index in [0.717, 1.165) is 0 Å². The van der Waals surface area contributed by atoms with E-state index in [1.54, 1.807) is 25.5 Å². The van der Waals surface area contributed by atoms with Crippen molar-refractivity contribution in [3.8, 4) is 0 Å². The number of esters is 1. The fraction of sp³-hybridized carbons (Fsp3) is 0.667. The first-order valence-corrected chi connectivity index (χ1v) is 4.76. The van der Waals surface area contributed by atoms with E-state index >= 15 is 0 Å². The lowest BCUT2D eigenvalue weighted by atomic mass is 10.5. The fourth-order valence-corrected chi connectivity index (χ4v) is 1.18. The van der Waals surface area contributed by atoms with E-state index in [2.05, 4.69) is 10.2 Å². The van der Waals surface area contributed by atoms with E-state index in [4.69, 9.17) is 9.47 Å². The molecule has 0 bridgehead atoms. The zero-order chi connectivity index (χ0) is 11.3. The molecule has 0 saturated heterocycles. The number of methoxy groups -OCH3 is 1. The first-order chi connectivity index (χ1) is 7.20. The van der Waals surface area contributed by atoms with Gasteiger partial charge in [-0.15, -0.1) is 10.2 Å². The van der Waals surface area contributed by atoms with Crippen molar-refractivity contribution in [3.63, 3.8) is 0 Å². The second kappa shape index (κ2) is 5.45. The summed E-state index contributed by atoms with van der Waals surface area (Å²) in [5.74, 6) is 0.454. The Kier molecular flexibility index (Phi) is 4.23. The van der Waals surface area contributed by atoms with Crippen LogP contribution in [-0.2, 0) is 16.0 Å². The Balaban J connectivity index is 2.82. The summed E-state index contributed by atoms with van der Waals surface area (Å²) in [5, 5.41) is 7.60. The highest BCUT2D eigenvalue weighted by Crippen LogP contribution is 2.03. The van der Waals surface area contributed by atoms with Crippen molar-refractivity contribution in [1.29, 1.82) is 0 Å². The predicted octanol–water partition coefficient (Wildman–Crippen LogP) is 0.410. The lowest BCUT2D eigenvalue weighted by molar-refractivity contribution is 0.0503. The minimum Gasteiger partial charge on any atom is -0.460 e. The average molecular weight is 213 g/mol. The van der Waals surface area contributed by atoms with Gasteiger partial charge in [0.25, 0.3) is 0 Å². The van der Waals surface area contributed by atoms with Crippen LogP contribution in [0.25, 0.3) is 0 Å². The number of rotatable bonds is 5. The number of aryl methyl sites for hydroxylation is 1. The molecular weight excluding hydrogens is 198 g/mol. The standard InChI is InChI=1S/C9H15N3O3/c1-4-15-9(13)8-11-10-7(2)12(8)5-6-14-3/h4-6H2,1-3H3. The molecule has 1 rings (SSSR count). The normalized spacial score (nSPS) is 10.3. The molecule has 0 unspecified atom stereocenters. The number of nitrogens with zero attached hydrogens (tertiary/aromatic N) is 3. The molecule has 0 spiro atoms. The molecule has 6 nitrogen and oxygen atoms in total. The van der Waals surface area contributed by atoms with Gasteiger partial charge in [0.2, 0.25) is 5.82 Å². The summed E-state index contributed by atoms with van der Waals surface area (Å²) >= 11 is 0. The maximum absolute atomic E-state index is 11.5. The minimum atomic E-state index is -0.450. The first kappa shape index (κ1) is 11.6. The molecule has 1 aromatic heterocycles. The minimum absolute atomic E-state index is 0.228. The lowest BCUT2D eigenvalue weighted by Crippen LogP contribution is -2.16. The third-order valence-electron chi connectivity index (χ3n) is 1.91. The van der Waals surface area contributed by atoms with Gasteiger partial charge in [-0.2, -0.15) is 0 Å². The Hall–Kier alpha value is -1.43. The van der Waals surface area contributed by atoms with Crippen molar-refractivity contribution in [3.05, 3.63) is 11.6 Å². The summed E-state index contributed by atoms with van der Waals surface area (Å²) < 4.78 is 11.5. The van der Waals surface area contributed by atoms with Crippen LogP contribution < -0.4 is 0 Å². The molecule has 0 aromatic carbocycles. The van der Waals surface area contributed by atoms with Crippen molar-refractivity contribution >= 4 is 5.97 Å². The Labute approximate surface area is 88.2 Å². The van der Waals surface area contributed by atoms with E-state index in [0.29, 0.717) is 25.6 Å². The Morgan fingerprint density at radius 1 is 1.47 bits per heavy atom. The highest BCUT2D eigenvalue weighted by Gasteiger charge is 2.17. The third-order valence-corrected chi connectivity index (χ3v) is 1.91. The van der Waals surface area contributed by atoms with Gasteiger partial charge in [0, 0.05) is 13.7 Å². The van der Waals surface area contributed by atoms with Crippen LogP contribution >= 0.6 is 0 Å². The molecule has 0 aliphatic carbocycles. The van der Waals surface area contributed by atoms with E-state index in [-0.39, 0.29) is 5.82 Å². The SMILES string of the molecule is CCOC(=O)c1nnc(C)n1CCOC. The summed E-state index contributed by atoms with van der Waals surface area (Å²) in [5.41, 5.74) is 0. The topological polar surface area (TPSA) is 66.2 Å². The number of hydrogen-bond donors (Lipinski definition) is 0. The van der Waals surface area contributed by atoms with Crippen LogP contribution in [0.4, 0.5) is 0 Å². The van der Waals surface area contributed by atoms with Gasteiger partial charge >= 0.3 is 5.97 Å². The van der Waals surface area contributed by atoms with Gasteiger partial charge in [0.1, 0.15) is 5.82 Å². The Morgan fingerprint density at radius 3 is 2.80 bits per heavy atom. The summed E-state index contributed by atoms with van der Waals surface area (Å²) in [4.78, 5) is 11.5. The number of ether oxygens (including phenoxy) is 2. The molecule has 0 aliphatic rings. The van der Waals surface area contributed by atoms with Gasteiger partial charge in [0.15, 0.2) is 0 Å². The maximum atomic E-state index is 11.5. The van der Waals surface area contributed by atoms with Crippen molar-refractivity contribution in [2.45, 2.75) is 20.4 Å². The molecule has 0 N–H and O–H groups in total. The van der Waals surface area contributed by atoms with Crippen LogP contribution in [0.2, 0.25) is 0 Å². The van der Waals surface area contributed by atoms with E-state index in [1.807, 2.05) is 0 Å². The monoisotopic (exact) mass is 213 g/mol. The first-order valence-electron chi connectivity index (χ1n) is 4.76. The van der Waals surface area contributed by atoms with Gasteiger partial charge in [0.05, 0.1) is 13.2 Å². The zero-order valence-electron chi connectivity index (χ0n) is 9.19. The summed E-state index contributed by atoms with van der Waals surface area (Å²) in [6.45, 7) is 4.91. The largest absolute Gasteiger partial charge is 0.460 e. The predicted molar refractivity (Wildman–Crippen MR) is 52.6 cm³/mol. The highest BCUT2D eigenvalue weighted by molar-refractivity contribution is 5.85. The van der Waals surface area contributed by atoms with Crippen molar-refractivity contribution in [2.24, 2.45) is 0 Å². The van der Waals surface area contributed by atoms with Gasteiger partial charge in [-0.05, 0) is 13.8 Å². The smallest absolute Gasteiger partial charge is 0.376 e. The molecule has 0 radical (unpaired) electrons. The molecule has 0 amide bonds. The Morgan fingerprint density at radius 2 is 2.20 bits per heavy atom. The van der Waals surface area contributed by atoms with Crippen molar-refractivity contribution in [1.82, 2.24) is 14.8 Å². The van der Waals surface area contributed by atoms with Crippen LogP contribution in [0, 0.1) is 6.92 Å². The number of carbonyl (C=O) groups excluding carboxylic acids is 1. The van der Waals surface area contributed by atoms with E-state index < -0.39 is 5.97 Å². The van der Waals surface area contributed by atoms with Crippen molar-refractivity contribution in [2.75, 3.05) is 20.3 Å². The van der Waals surface area contributed by atoms with Crippen LogP contribution in [-0.4, -0.2) is 41.1 Å². The maximum Gasteiger partial charge on any atom is 0.376 e. The molecule has 0 fully saturated rings. The third kappa shape index (κ3) is 2.76. The number of hydrogen-bond acceptors (Lipinski definition) is 5. The molecule has 1 heterocycles. The molecule has 6 heteroatoms. The van der Waals surface area contributed by atoms with Crippen LogP contribution in [0.15, 0.2) is 0 Å². The lowest BCUT2D eigenvalue weighted by Gasteiger charge is -2.06. The summed E-state index contributed by atoms with van der Waals surface area (Å²) in [7, 11) is 1.60. The quantitative estimate of drug-likeness (QED) is 0.663. The van der Waals surface area contributed by atoms with Crippen molar-refractivity contribution < 1.29 is 14.3 Å². The number of aromatic nitrogens is 3. The second-order valence-corrected chi connectivity index (χ2v) is 2.94. The molecular formula is C9H15N3O3. The molecule has 0 aliphatic heterocycles. The Bertz CT molecular complexity index is 335. The van der Waals surface area contributed by atoms with Crippen LogP contribution in [0.1, 0.15) is 23.4 Å². The second-order valence-electron chi connectivity index (χ2n) is 2.94. The van der Waals surface area contributed by atoms with Gasteiger partial charge in [-0.1, -0.05) is 0 Å². The summed E-state index contributed by atoms with van der Waals surface area (Å²) in [6, 6.07) is 0. The molecule has 0 saturated carbocycles. The average Bonchev–Trinajstić information content (AvgIpc) is 2.57. The number of carbonyl (C=O) groups is 1. The molecule has 1 aromatic rings. The van der Waals surface area contributed by atoms with Crippen LogP contribution in [0.3, 0.4) is 0 Å². The van der Waals surface area contributed by atoms with Gasteiger partial charge < -0.3 is 14.0 Å². The van der Waals surface area contributed by atoms with Crippen LogP contribution in [0.5, 0.6) is 0 Å². The van der Waals surface area contributed by atoms with E-state index in [1.165, 1.54) is 0 Å². The summed E-state index contributed by atoms with van der Waals surface area (Å²) in [6.07, 6.45) is 0. The molecule has 15 heavy (non-hydrogen) atoms. The fourth-order valence-electron chi connectivity index (χ4n) is 1.18. The molecule has 0 atom stereocenters. The zero-order valence-corrected chi connectivity index (χ0v) is 9.19. The van der Waals surface area contributed by atoms with Gasteiger partial charge in [-0.25, -0.2) is 4.79 Å². The molecule has 84 valence electrons. The van der Waals surface area contributed by atoms with E-state index in [9.17, 15) is 4.79 Å².